The van der Waals surface area contributed by atoms with E-state index in [9.17, 15) is 8.42 Å². The summed E-state index contributed by atoms with van der Waals surface area (Å²) in [5.41, 5.74) is 1.12. The quantitative estimate of drug-likeness (QED) is 0.217. The van der Waals surface area contributed by atoms with Gasteiger partial charge in [-0.15, -0.1) is 24.0 Å². The number of benzene rings is 1. The van der Waals surface area contributed by atoms with Crippen molar-refractivity contribution in [3.05, 3.63) is 29.8 Å². The number of guanidine groups is 1. The molecule has 9 heteroatoms. The van der Waals surface area contributed by atoms with Gasteiger partial charge in [-0.05, 0) is 25.0 Å². The molecular weight excluding hydrogens is 443 g/mol. The summed E-state index contributed by atoms with van der Waals surface area (Å²) in [4.78, 5) is 4.10. The van der Waals surface area contributed by atoms with Crippen molar-refractivity contribution in [3.8, 4) is 5.75 Å². The Kier molecular flexibility index (Phi) is 11.8. The van der Waals surface area contributed by atoms with Crippen molar-refractivity contribution in [3.63, 3.8) is 0 Å². The molecule has 0 saturated carbocycles. The molecule has 138 valence electrons. The lowest BCUT2D eigenvalue weighted by molar-refractivity contribution is 0.409. The van der Waals surface area contributed by atoms with Gasteiger partial charge in [0.15, 0.2) is 5.96 Å². The Bertz CT molecular complexity index is 608. The lowest BCUT2D eigenvalue weighted by Gasteiger charge is -2.13. The number of para-hydroxylation sites is 1. The maximum absolute atomic E-state index is 11.3. The summed E-state index contributed by atoms with van der Waals surface area (Å²) in [5.74, 6) is 1.58. The first kappa shape index (κ1) is 22.9. The molecule has 0 aliphatic rings. The fraction of sp³-hybridized carbons (Fsp3) is 0.533. The van der Waals surface area contributed by atoms with Gasteiger partial charge < -0.3 is 15.4 Å². The highest BCUT2D eigenvalue weighted by Gasteiger charge is 2.05. The van der Waals surface area contributed by atoms with Gasteiger partial charge in [0.1, 0.15) is 5.75 Å². The lowest BCUT2D eigenvalue weighted by Crippen LogP contribution is -2.42. The average molecular weight is 470 g/mol. The number of nitrogens with one attached hydrogen (secondary N) is 3. The number of methoxy groups -OCH3 is 1. The van der Waals surface area contributed by atoms with Gasteiger partial charge >= 0.3 is 0 Å². The third-order valence-corrected chi connectivity index (χ3v) is 4.63. The highest BCUT2D eigenvalue weighted by atomic mass is 127. The molecule has 3 N–H and O–H groups in total. The molecule has 0 fully saturated rings. The molecule has 0 aliphatic heterocycles. The second kappa shape index (κ2) is 12.3. The van der Waals surface area contributed by atoms with E-state index in [1.165, 1.54) is 0 Å². The summed E-state index contributed by atoms with van der Waals surface area (Å²) in [6.45, 7) is 3.09. The second-order valence-corrected chi connectivity index (χ2v) is 6.88. The van der Waals surface area contributed by atoms with Gasteiger partial charge in [0.2, 0.25) is 10.0 Å². The number of hydrogen-bond acceptors (Lipinski definition) is 4. The molecule has 0 saturated heterocycles. The zero-order valence-electron chi connectivity index (χ0n) is 14.3. The highest BCUT2D eigenvalue weighted by Crippen LogP contribution is 2.17. The predicted molar refractivity (Wildman–Crippen MR) is 109 cm³/mol. The molecule has 1 aromatic carbocycles. The third kappa shape index (κ3) is 8.69. The van der Waals surface area contributed by atoms with Crippen LogP contribution in [0.15, 0.2) is 29.3 Å². The topological polar surface area (TPSA) is 91.8 Å². The Morgan fingerprint density at radius 3 is 2.46 bits per heavy atom. The van der Waals surface area contributed by atoms with Crippen molar-refractivity contribution in [2.24, 2.45) is 4.99 Å². The molecule has 0 aromatic heterocycles. The van der Waals surface area contributed by atoms with E-state index in [1.807, 2.05) is 24.3 Å². The van der Waals surface area contributed by atoms with E-state index in [4.69, 9.17) is 4.74 Å². The normalized spacial score (nSPS) is 11.5. The molecule has 1 aromatic rings. The van der Waals surface area contributed by atoms with E-state index < -0.39 is 10.0 Å². The van der Waals surface area contributed by atoms with Crippen LogP contribution in [0.25, 0.3) is 0 Å². The Morgan fingerprint density at radius 2 is 1.83 bits per heavy atom. The van der Waals surface area contributed by atoms with Crippen LogP contribution in [0.5, 0.6) is 5.75 Å². The van der Waals surface area contributed by atoms with E-state index in [2.05, 4.69) is 20.3 Å². The van der Waals surface area contributed by atoms with Gasteiger partial charge in [0.25, 0.3) is 0 Å². The summed E-state index contributed by atoms with van der Waals surface area (Å²) >= 11 is 0. The average Bonchev–Trinajstić information content (AvgIpc) is 2.57. The fourth-order valence-corrected chi connectivity index (χ4v) is 2.55. The zero-order chi connectivity index (χ0) is 17.1. The molecule has 0 spiro atoms. The summed E-state index contributed by atoms with van der Waals surface area (Å²) in [7, 11) is 0.183. The number of rotatable bonds is 9. The minimum Gasteiger partial charge on any atom is -0.496 e. The summed E-state index contributed by atoms with van der Waals surface area (Å²) < 4.78 is 30.4. The van der Waals surface area contributed by atoms with Crippen LogP contribution < -0.4 is 20.1 Å². The molecule has 0 amide bonds. The van der Waals surface area contributed by atoms with Crippen molar-refractivity contribution in [2.45, 2.75) is 13.3 Å². The molecule has 1 rings (SSSR count). The Balaban J connectivity index is 0.00000529. The number of halogens is 1. The van der Waals surface area contributed by atoms with E-state index in [0.29, 0.717) is 25.6 Å². The summed E-state index contributed by atoms with van der Waals surface area (Å²) in [6.07, 6.45) is 0.799. The number of sulfonamides is 1. The van der Waals surface area contributed by atoms with Gasteiger partial charge in [-0.2, -0.15) is 0 Å². The molecule has 0 heterocycles. The maximum Gasteiger partial charge on any atom is 0.211 e. The number of nitrogens with zero attached hydrogens (tertiary/aromatic N) is 1. The van der Waals surface area contributed by atoms with E-state index in [0.717, 1.165) is 17.7 Å². The highest BCUT2D eigenvalue weighted by molar-refractivity contribution is 14.0. The van der Waals surface area contributed by atoms with Gasteiger partial charge in [0.05, 0.1) is 12.9 Å². The van der Waals surface area contributed by atoms with E-state index >= 15 is 0 Å². The van der Waals surface area contributed by atoms with Crippen LogP contribution in [0.1, 0.15) is 12.5 Å². The Labute approximate surface area is 161 Å². The van der Waals surface area contributed by atoms with Gasteiger partial charge in [-0.3, -0.25) is 4.99 Å². The van der Waals surface area contributed by atoms with Crippen LogP contribution in [-0.2, 0) is 16.4 Å². The molecular formula is C15H27IN4O3S. The Hall–Kier alpha value is -1.07. The molecule has 0 bridgehead atoms. The van der Waals surface area contributed by atoms with E-state index in [1.54, 1.807) is 21.1 Å². The molecule has 24 heavy (non-hydrogen) atoms. The van der Waals surface area contributed by atoms with Gasteiger partial charge in [0, 0.05) is 26.7 Å². The van der Waals surface area contributed by atoms with Gasteiger partial charge in [-0.25, -0.2) is 13.1 Å². The molecule has 7 nitrogen and oxygen atoms in total. The van der Waals surface area contributed by atoms with Crippen LogP contribution in [0.3, 0.4) is 0 Å². The van der Waals surface area contributed by atoms with Crippen LogP contribution >= 0.6 is 24.0 Å². The lowest BCUT2D eigenvalue weighted by atomic mass is 10.1. The number of ether oxygens (including phenoxy) is 1. The number of aliphatic imine (C=N–C) groups is 1. The van der Waals surface area contributed by atoms with E-state index in [-0.39, 0.29) is 29.7 Å². The summed E-state index contributed by atoms with van der Waals surface area (Å²) in [5, 5.41) is 6.25. The maximum atomic E-state index is 11.3. The van der Waals surface area contributed by atoms with Crippen molar-refractivity contribution in [1.29, 1.82) is 0 Å². The van der Waals surface area contributed by atoms with Crippen molar-refractivity contribution >= 4 is 40.0 Å². The van der Waals surface area contributed by atoms with Crippen LogP contribution in [0.4, 0.5) is 0 Å². The smallest absolute Gasteiger partial charge is 0.211 e. The monoisotopic (exact) mass is 470 g/mol. The van der Waals surface area contributed by atoms with Crippen LogP contribution in [0.2, 0.25) is 0 Å². The number of hydrogen-bond donors (Lipinski definition) is 3. The van der Waals surface area contributed by atoms with Crippen molar-refractivity contribution < 1.29 is 13.2 Å². The first-order chi connectivity index (χ1) is 11.0. The molecule has 0 atom stereocenters. The first-order valence-corrected chi connectivity index (χ1v) is 9.21. The molecule has 0 unspecified atom stereocenters. The summed E-state index contributed by atoms with van der Waals surface area (Å²) in [6, 6.07) is 7.87. The fourth-order valence-electron chi connectivity index (χ4n) is 1.94. The SMILES string of the molecule is CCS(=O)(=O)NCCNC(=NC)NCCc1ccccc1OC.I. The second-order valence-electron chi connectivity index (χ2n) is 4.79. The minimum absolute atomic E-state index is 0. The van der Waals surface area contributed by atoms with Crippen LogP contribution in [0, 0.1) is 0 Å². The molecule has 0 radical (unpaired) electrons. The predicted octanol–water partition coefficient (Wildman–Crippen LogP) is 0.960. The van der Waals surface area contributed by atoms with Crippen molar-refractivity contribution in [2.75, 3.05) is 39.5 Å². The third-order valence-electron chi connectivity index (χ3n) is 3.22. The largest absolute Gasteiger partial charge is 0.496 e. The first-order valence-electron chi connectivity index (χ1n) is 7.56. The van der Waals surface area contributed by atoms with Crippen molar-refractivity contribution in [1.82, 2.24) is 15.4 Å². The molecule has 0 aliphatic carbocycles. The zero-order valence-corrected chi connectivity index (χ0v) is 17.5. The van der Waals surface area contributed by atoms with Gasteiger partial charge in [-0.1, -0.05) is 18.2 Å². The minimum atomic E-state index is -3.15. The Morgan fingerprint density at radius 1 is 1.17 bits per heavy atom. The van der Waals surface area contributed by atoms with Crippen LogP contribution in [-0.4, -0.2) is 53.9 Å². The standard InChI is InChI=1S/C15H26N4O3S.HI/c1-4-23(20,21)19-12-11-18-15(16-2)17-10-9-13-7-5-6-8-14(13)22-3;/h5-8,19H,4,9-12H2,1-3H3,(H2,16,17,18);1H.